The highest BCUT2D eigenvalue weighted by molar-refractivity contribution is 8.02. The summed E-state index contributed by atoms with van der Waals surface area (Å²) in [6.45, 7) is 38.8. The van der Waals surface area contributed by atoms with Gasteiger partial charge in [-0.2, -0.15) is 11.8 Å². The molecular weight excluding hydrogens is 671 g/mol. The minimum absolute atomic E-state index is 0.117. The van der Waals surface area contributed by atoms with Crippen LogP contribution in [0.25, 0.3) is 0 Å². The number of nitrogens with zero attached hydrogens (tertiary/aromatic N) is 1. The molecule has 0 aromatic heterocycles. The van der Waals surface area contributed by atoms with E-state index in [2.05, 4.69) is 186 Å². The average molecular weight is 745 g/mol. The number of rotatable bonds is 8. The molecule has 1 aromatic rings. The number of nitrogens with one attached hydrogen (secondary N) is 1. The maximum Gasteiger partial charge on any atom is 0.221 e. The molecule has 6 unspecified atom stereocenters. The molecule has 0 spiro atoms. The lowest BCUT2D eigenvalue weighted by molar-refractivity contribution is 0.0574. The van der Waals surface area contributed by atoms with Gasteiger partial charge in [0.1, 0.15) is 0 Å². The number of aryl methyl sites for hydroxylation is 1. The first-order chi connectivity index (χ1) is 25.3. The van der Waals surface area contributed by atoms with Crippen molar-refractivity contribution in [3.63, 3.8) is 0 Å². The van der Waals surface area contributed by atoms with E-state index in [0.29, 0.717) is 40.9 Å². The topological polar surface area (TPSA) is 15.3 Å². The highest BCUT2D eigenvalue weighted by Gasteiger charge is 2.63. The third-order valence-electron chi connectivity index (χ3n) is 14.6. The van der Waals surface area contributed by atoms with E-state index in [1.165, 1.54) is 88.9 Å². The van der Waals surface area contributed by atoms with Crippen molar-refractivity contribution in [2.45, 2.75) is 152 Å². The van der Waals surface area contributed by atoms with Gasteiger partial charge in [0.2, 0.25) is 6.71 Å². The number of fused-ring (bicyclic) bond motifs is 4. The van der Waals surface area contributed by atoms with Crippen molar-refractivity contribution < 1.29 is 0 Å². The SMILES string of the molecule is C=C/C(=C(/C)C1=CC(C)CCC1C)N1c2cc(C)cc(N/C=C/C3=C(/C=C/C)C(C)(C)CCC3(C)C)c2B(/C=C/C)C2SC3C(C21)C(C)(C)CCC3(C)C. The molecule has 54 heavy (non-hydrogen) atoms. The molecule has 1 saturated carbocycles. The van der Waals surface area contributed by atoms with Crippen LogP contribution in [0.2, 0.25) is 0 Å². The quantitative estimate of drug-likeness (QED) is 0.211. The van der Waals surface area contributed by atoms with Gasteiger partial charge < -0.3 is 10.2 Å². The first-order valence-electron chi connectivity index (χ1n) is 21.4. The minimum Gasteiger partial charge on any atom is -0.362 e. The largest absolute Gasteiger partial charge is 0.362 e. The van der Waals surface area contributed by atoms with Gasteiger partial charge in [-0.3, -0.25) is 0 Å². The Morgan fingerprint density at radius 2 is 1.54 bits per heavy atom. The van der Waals surface area contributed by atoms with Gasteiger partial charge in [0.05, 0.1) is 0 Å². The van der Waals surface area contributed by atoms with Crippen molar-refractivity contribution in [3.8, 4) is 0 Å². The van der Waals surface area contributed by atoms with Crippen LogP contribution in [0.5, 0.6) is 0 Å². The first kappa shape index (κ1) is 41.1. The maximum absolute atomic E-state index is 4.62. The molecule has 1 N–H and O–H groups in total. The molecule has 5 aliphatic rings. The number of anilines is 2. The third kappa shape index (κ3) is 7.25. The van der Waals surface area contributed by atoms with E-state index in [1.54, 1.807) is 0 Å². The lowest BCUT2D eigenvalue weighted by atomic mass is 9.37. The molecule has 3 aliphatic carbocycles. The van der Waals surface area contributed by atoms with Crippen LogP contribution in [0, 0.1) is 46.3 Å². The number of hydrogen-bond donors (Lipinski definition) is 1. The van der Waals surface area contributed by atoms with Gasteiger partial charge in [-0.05, 0) is 163 Å². The molecule has 2 nitrogen and oxygen atoms in total. The Labute approximate surface area is 336 Å². The fraction of sp³-hybridized carbons (Fsp3) is 0.600. The number of hydrogen-bond acceptors (Lipinski definition) is 3. The summed E-state index contributed by atoms with van der Waals surface area (Å²) in [4.78, 5) is 2.84. The van der Waals surface area contributed by atoms with Gasteiger partial charge in [-0.1, -0.05) is 100 Å². The van der Waals surface area contributed by atoms with E-state index in [9.17, 15) is 0 Å². The summed E-state index contributed by atoms with van der Waals surface area (Å²) >= 11 is 2.32. The van der Waals surface area contributed by atoms with Gasteiger partial charge in [0.15, 0.2) is 0 Å². The fourth-order valence-corrected chi connectivity index (χ4v) is 13.6. The van der Waals surface area contributed by atoms with Crippen LogP contribution in [0.4, 0.5) is 11.4 Å². The van der Waals surface area contributed by atoms with Crippen LogP contribution < -0.4 is 15.7 Å². The standard InChI is InChI=1S/C50H73BN2S/c1-16-19-37-38(48(10,11)24-23-47(37,8)9)22-28-52-39-30-33(5)31-41-43(39)51(27-17-2)46-44(42-45(54-46)50(14,15)26-25-49(42,12)13)53(41)40(18-3)35(7)36-29-32(4)20-21-34(36)6/h16-19,22,27-32,34,42,44-46,52H,3,20-21,23-26H2,1-2,4-15H3/b19-16+,27-17+,28-22+,40-35+. The number of allylic oxidation sites excluding steroid dienone is 10. The van der Waals surface area contributed by atoms with Crippen molar-refractivity contribution in [1.82, 2.24) is 0 Å². The van der Waals surface area contributed by atoms with Gasteiger partial charge in [-0.25, -0.2) is 0 Å². The Hall–Kier alpha value is -2.59. The average Bonchev–Trinajstić information content (AvgIpc) is 3.52. The predicted octanol–water partition coefficient (Wildman–Crippen LogP) is 13.6. The summed E-state index contributed by atoms with van der Waals surface area (Å²) in [6.07, 6.45) is 23.9. The van der Waals surface area contributed by atoms with Crippen LogP contribution in [-0.4, -0.2) is 23.2 Å². The van der Waals surface area contributed by atoms with Crippen molar-refractivity contribution >= 4 is 35.3 Å². The molecule has 2 fully saturated rings. The molecule has 6 atom stereocenters. The first-order valence-corrected chi connectivity index (χ1v) is 22.3. The number of benzene rings is 1. The highest BCUT2D eigenvalue weighted by atomic mass is 32.2. The highest BCUT2D eigenvalue weighted by Crippen LogP contribution is 2.63. The van der Waals surface area contributed by atoms with Crippen LogP contribution in [0.1, 0.15) is 134 Å². The minimum atomic E-state index is 0.117. The van der Waals surface area contributed by atoms with Crippen LogP contribution >= 0.6 is 11.8 Å². The Bertz CT molecular complexity index is 1810. The Balaban J connectivity index is 1.59. The summed E-state index contributed by atoms with van der Waals surface area (Å²) in [5, 5.41) is 4.99. The Morgan fingerprint density at radius 1 is 0.889 bits per heavy atom. The molecule has 0 bridgehead atoms. The fourth-order valence-electron chi connectivity index (χ4n) is 11.2. The van der Waals surface area contributed by atoms with Crippen molar-refractivity contribution in [2.75, 3.05) is 10.2 Å². The van der Waals surface area contributed by atoms with E-state index in [4.69, 9.17) is 0 Å². The van der Waals surface area contributed by atoms with E-state index in [1.807, 2.05) is 0 Å². The van der Waals surface area contributed by atoms with Crippen molar-refractivity contribution in [1.29, 1.82) is 0 Å². The molecule has 0 radical (unpaired) electrons. The molecule has 2 aliphatic heterocycles. The monoisotopic (exact) mass is 745 g/mol. The molecule has 292 valence electrons. The van der Waals surface area contributed by atoms with Gasteiger partial charge in [-0.15, -0.1) is 5.98 Å². The lowest BCUT2D eigenvalue weighted by Crippen LogP contribution is -2.62. The third-order valence-corrected chi connectivity index (χ3v) is 16.7. The Morgan fingerprint density at radius 3 is 2.17 bits per heavy atom. The van der Waals surface area contributed by atoms with E-state index in [-0.39, 0.29) is 21.7 Å². The second-order valence-electron chi connectivity index (χ2n) is 20.5. The molecule has 6 rings (SSSR count). The normalized spacial score (nSPS) is 31.7. The van der Waals surface area contributed by atoms with Gasteiger partial charge >= 0.3 is 0 Å². The summed E-state index contributed by atoms with van der Waals surface area (Å²) in [5.74, 6) is 4.26. The zero-order valence-corrected chi connectivity index (χ0v) is 37.4. The molecule has 0 amide bonds. The van der Waals surface area contributed by atoms with Crippen molar-refractivity contribution in [2.24, 2.45) is 39.4 Å². The van der Waals surface area contributed by atoms with E-state index >= 15 is 0 Å². The molecule has 2 heterocycles. The van der Waals surface area contributed by atoms with Crippen LogP contribution in [0.3, 0.4) is 0 Å². The molecule has 4 heteroatoms. The van der Waals surface area contributed by atoms with Crippen LogP contribution in [-0.2, 0) is 0 Å². The Kier molecular flexibility index (Phi) is 11.5. The molecular formula is C50H73BN2S. The zero-order chi connectivity index (χ0) is 39.5. The second kappa shape index (κ2) is 15.1. The lowest BCUT2D eigenvalue weighted by Gasteiger charge is -2.54. The predicted molar refractivity (Wildman–Crippen MR) is 243 cm³/mol. The summed E-state index contributed by atoms with van der Waals surface area (Å²) in [5.41, 5.74) is 13.3. The maximum atomic E-state index is 4.62. The van der Waals surface area contributed by atoms with E-state index < -0.39 is 0 Å². The van der Waals surface area contributed by atoms with E-state index in [0.717, 1.165) is 0 Å². The smallest absolute Gasteiger partial charge is 0.221 e. The number of thioether (sulfide) groups is 1. The molecule has 1 aromatic carbocycles. The second-order valence-corrected chi connectivity index (χ2v) is 21.9. The summed E-state index contributed by atoms with van der Waals surface area (Å²) in [7, 11) is 0. The van der Waals surface area contributed by atoms with Gasteiger partial charge in [0.25, 0.3) is 0 Å². The zero-order valence-electron chi connectivity index (χ0n) is 36.6. The van der Waals surface area contributed by atoms with Crippen LogP contribution in [0.15, 0.2) is 95.3 Å². The van der Waals surface area contributed by atoms with Gasteiger partial charge in [0, 0.05) is 39.7 Å². The summed E-state index contributed by atoms with van der Waals surface area (Å²) in [6, 6.07) is 5.29. The summed E-state index contributed by atoms with van der Waals surface area (Å²) < 4.78 is 0. The molecule has 1 saturated heterocycles. The van der Waals surface area contributed by atoms with Crippen molar-refractivity contribution in [3.05, 3.63) is 101 Å².